The van der Waals surface area contributed by atoms with Crippen LogP contribution in [-0.2, 0) is 9.59 Å². The molecule has 2 amide bonds. The molecule has 2 aliphatic rings. The Balaban J connectivity index is 1.58. The van der Waals surface area contributed by atoms with Crippen LogP contribution >= 0.6 is 0 Å². The van der Waals surface area contributed by atoms with Crippen LogP contribution in [0.25, 0.3) is 0 Å². The number of fused-ring (bicyclic) bond motifs is 1. The zero-order valence-electron chi connectivity index (χ0n) is 17.2. The molecule has 1 saturated heterocycles. The molecule has 2 heterocycles. The highest BCUT2D eigenvalue weighted by Gasteiger charge is 2.44. The molecule has 0 saturated carbocycles. The van der Waals surface area contributed by atoms with Crippen LogP contribution in [-0.4, -0.2) is 37.2 Å². The van der Waals surface area contributed by atoms with Crippen LogP contribution in [0, 0.1) is 5.92 Å². The lowest BCUT2D eigenvalue weighted by molar-refractivity contribution is -0.129. The van der Waals surface area contributed by atoms with E-state index in [-0.39, 0.29) is 31.1 Å². The quantitative estimate of drug-likeness (QED) is 0.752. The molecule has 1 fully saturated rings. The zero-order chi connectivity index (χ0) is 21.1. The molecular formula is C23H26N2O5. The number of nitrogens with zero attached hydrogens (tertiary/aromatic N) is 1. The molecule has 2 aliphatic heterocycles. The fourth-order valence-corrected chi connectivity index (χ4v) is 4.04. The Morgan fingerprint density at radius 1 is 1.17 bits per heavy atom. The van der Waals surface area contributed by atoms with E-state index in [1.54, 1.807) is 25.3 Å². The second-order valence-corrected chi connectivity index (χ2v) is 7.53. The maximum atomic E-state index is 13.2. The SMILES string of the molecule is CCCCN1C(=O)C[C@H](C(=O)Nc2ccc3c(c2)OCO3)[C@H]1c1ccc(OC)cc1. The fourth-order valence-electron chi connectivity index (χ4n) is 4.04. The lowest BCUT2D eigenvalue weighted by Crippen LogP contribution is -2.33. The first kappa shape index (κ1) is 20.1. The Morgan fingerprint density at radius 2 is 1.93 bits per heavy atom. The molecule has 158 valence electrons. The number of carbonyl (C=O) groups is 2. The Morgan fingerprint density at radius 3 is 2.67 bits per heavy atom. The van der Waals surface area contributed by atoms with Crippen LogP contribution in [0.3, 0.4) is 0 Å². The van der Waals surface area contributed by atoms with E-state index in [9.17, 15) is 9.59 Å². The maximum absolute atomic E-state index is 13.2. The minimum atomic E-state index is -0.479. The fraction of sp³-hybridized carbons (Fsp3) is 0.391. The molecule has 1 N–H and O–H groups in total. The van der Waals surface area contributed by atoms with Crippen LogP contribution < -0.4 is 19.5 Å². The Labute approximate surface area is 175 Å². The second-order valence-electron chi connectivity index (χ2n) is 7.53. The lowest BCUT2D eigenvalue weighted by Gasteiger charge is -2.28. The predicted octanol–water partition coefficient (Wildman–Crippen LogP) is 3.75. The van der Waals surface area contributed by atoms with Crippen molar-refractivity contribution in [3.8, 4) is 17.2 Å². The van der Waals surface area contributed by atoms with Gasteiger partial charge >= 0.3 is 0 Å². The molecule has 7 nitrogen and oxygen atoms in total. The first-order chi connectivity index (χ1) is 14.6. The van der Waals surface area contributed by atoms with Crippen LogP contribution in [0.4, 0.5) is 5.69 Å². The zero-order valence-corrected chi connectivity index (χ0v) is 17.2. The summed E-state index contributed by atoms with van der Waals surface area (Å²) in [6, 6.07) is 12.6. The van der Waals surface area contributed by atoms with E-state index in [0.717, 1.165) is 24.2 Å². The van der Waals surface area contributed by atoms with Gasteiger partial charge in [-0.1, -0.05) is 25.5 Å². The van der Waals surface area contributed by atoms with Gasteiger partial charge in [-0.15, -0.1) is 0 Å². The van der Waals surface area contributed by atoms with Crippen molar-refractivity contribution in [2.45, 2.75) is 32.2 Å². The predicted molar refractivity (Wildman–Crippen MR) is 112 cm³/mol. The topological polar surface area (TPSA) is 77.1 Å². The number of unbranched alkanes of at least 4 members (excludes halogenated alkanes) is 1. The second kappa shape index (κ2) is 8.65. The number of amides is 2. The van der Waals surface area contributed by atoms with Crippen molar-refractivity contribution in [1.82, 2.24) is 4.90 Å². The Hall–Kier alpha value is -3.22. The Bertz CT molecular complexity index is 928. The third-order valence-corrected chi connectivity index (χ3v) is 5.62. The average molecular weight is 410 g/mol. The molecule has 0 aromatic heterocycles. The van der Waals surface area contributed by atoms with Crippen molar-refractivity contribution < 1.29 is 23.8 Å². The first-order valence-electron chi connectivity index (χ1n) is 10.2. The molecule has 4 rings (SSSR count). The van der Waals surface area contributed by atoms with E-state index < -0.39 is 5.92 Å². The molecule has 2 aromatic carbocycles. The van der Waals surface area contributed by atoms with Gasteiger partial charge in [0.1, 0.15) is 5.75 Å². The summed E-state index contributed by atoms with van der Waals surface area (Å²) in [6.07, 6.45) is 2.07. The molecular weight excluding hydrogens is 384 g/mol. The third-order valence-electron chi connectivity index (χ3n) is 5.62. The molecule has 7 heteroatoms. The summed E-state index contributed by atoms with van der Waals surface area (Å²) in [5.74, 6) is 1.35. The van der Waals surface area contributed by atoms with Gasteiger partial charge in [-0.05, 0) is 36.2 Å². The third kappa shape index (κ3) is 3.92. The van der Waals surface area contributed by atoms with Crippen LogP contribution in [0.15, 0.2) is 42.5 Å². The van der Waals surface area contributed by atoms with Gasteiger partial charge in [0, 0.05) is 24.7 Å². The monoisotopic (exact) mass is 410 g/mol. The van der Waals surface area contributed by atoms with Crippen LogP contribution in [0.2, 0.25) is 0 Å². The van der Waals surface area contributed by atoms with E-state index in [1.165, 1.54) is 0 Å². The van der Waals surface area contributed by atoms with Gasteiger partial charge in [0.25, 0.3) is 0 Å². The number of nitrogens with one attached hydrogen (secondary N) is 1. The van der Waals surface area contributed by atoms with Crippen molar-refractivity contribution in [2.24, 2.45) is 5.92 Å². The summed E-state index contributed by atoms with van der Waals surface area (Å²) >= 11 is 0. The van der Waals surface area contributed by atoms with Crippen LogP contribution in [0.1, 0.15) is 37.8 Å². The summed E-state index contributed by atoms with van der Waals surface area (Å²) in [6.45, 7) is 2.91. The summed E-state index contributed by atoms with van der Waals surface area (Å²) in [5, 5.41) is 2.96. The molecule has 2 atom stereocenters. The highest BCUT2D eigenvalue weighted by molar-refractivity contribution is 5.98. The van der Waals surface area contributed by atoms with Gasteiger partial charge in [0.15, 0.2) is 11.5 Å². The van der Waals surface area contributed by atoms with Crippen molar-refractivity contribution in [3.63, 3.8) is 0 Å². The normalized spacial score (nSPS) is 19.8. The molecule has 0 aliphatic carbocycles. The van der Waals surface area contributed by atoms with E-state index in [0.29, 0.717) is 23.7 Å². The summed E-state index contributed by atoms with van der Waals surface area (Å²) < 4.78 is 16.0. The van der Waals surface area contributed by atoms with E-state index in [4.69, 9.17) is 14.2 Å². The Kier molecular flexibility index (Phi) is 5.79. The van der Waals surface area contributed by atoms with Crippen LogP contribution in [0.5, 0.6) is 17.2 Å². The van der Waals surface area contributed by atoms with Crippen molar-refractivity contribution in [2.75, 3.05) is 25.8 Å². The largest absolute Gasteiger partial charge is 0.497 e. The van der Waals surface area contributed by atoms with Gasteiger partial charge in [-0.25, -0.2) is 0 Å². The number of likely N-dealkylation sites (tertiary alicyclic amines) is 1. The number of hydrogen-bond acceptors (Lipinski definition) is 5. The molecule has 0 radical (unpaired) electrons. The molecule has 2 aromatic rings. The summed E-state index contributed by atoms with van der Waals surface area (Å²) in [5.41, 5.74) is 1.56. The maximum Gasteiger partial charge on any atom is 0.231 e. The number of rotatable bonds is 7. The van der Waals surface area contributed by atoms with Gasteiger partial charge in [0.05, 0.1) is 19.1 Å². The molecule has 0 bridgehead atoms. The van der Waals surface area contributed by atoms with E-state index >= 15 is 0 Å². The lowest BCUT2D eigenvalue weighted by atomic mass is 9.92. The minimum absolute atomic E-state index is 0.00936. The average Bonchev–Trinajstić information content (AvgIpc) is 3.36. The summed E-state index contributed by atoms with van der Waals surface area (Å²) in [4.78, 5) is 27.8. The molecule has 0 spiro atoms. The smallest absolute Gasteiger partial charge is 0.231 e. The van der Waals surface area contributed by atoms with Crippen molar-refractivity contribution in [1.29, 1.82) is 0 Å². The standard InChI is InChI=1S/C23H26N2O5/c1-3-4-11-25-21(26)13-18(22(25)15-5-8-17(28-2)9-6-15)23(27)24-16-7-10-19-20(12-16)30-14-29-19/h5-10,12,18,22H,3-4,11,13-14H2,1-2H3,(H,24,27)/t18-,22+/m0/s1. The van der Waals surface area contributed by atoms with Crippen molar-refractivity contribution in [3.05, 3.63) is 48.0 Å². The molecule has 30 heavy (non-hydrogen) atoms. The molecule has 0 unspecified atom stereocenters. The highest BCUT2D eigenvalue weighted by Crippen LogP contribution is 2.40. The van der Waals surface area contributed by atoms with E-state index in [1.807, 2.05) is 29.2 Å². The number of anilines is 1. The van der Waals surface area contributed by atoms with Gasteiger partial charge in [-0.2, -0.15) is 0 Å². The number of methoxy groups -OCH3 is 1. The number of hydrogen-bond donors (Lipinski definition) is 1. The number of carbonyl (C=O) groups excluding carboxylic acids is 2. The summed E-state index contributed by atoms with van der Waals surface area (Å²) in [7, 11) is 1.61. The highest BCUT2D eigenvalue weighted by atomic mass is 16.7. The van der Waals surface area contributed by atoms with Gasteiger partial charge in [0.2, 0.25) is 18.6 Å². The van der Waals surface area contributed by atoms with Crippen molar-refractivity contribution >= 4 is 17.5 Å². The minimum Gasteiger partial charge on any atom is -0.497 e. The number of ether oxygens (including phenoxy) is 3. The first-order valence-corrected chi connectivity index (χ1v) is 10.2. The van der Waals surface area contributed by atoms with Gasteiger partial charge in [-0.3, -0.25) is 9.59 Å². The van der Waals surface area contributed by atoms with E-state index in [2.05, 4.69) is 12.2 Å². The number of benzene rings is 2. The van der Waals surface area contributed by atoms with Gasteiger partial charge < -0.3 is 24.4 Å².